The number of carbonyl (C=O) groups is 4. The van der Waals surface area contributed by atoms with E-state index in [1.165, 1.54) is 186 Å². The topological polar surface area (TPSA) is 237 Å². The molecule has 0 aromatic carbocycles. The van der Waals surface area contributed by atoms with E-state index in [-0.39, 0.29) is 25.7 Å². The van der Waals surface area contributed by atoms with Crippen molar-refractivity contribution >= 4 is 39.5 Å². The van der Waals surface area contributed by atoms with Crippen LogP contribution in [0.25, 0.3) is 0 Å². The third kappa shape index (κ3) is 69.2. The summed E-state index contributed by atoms with van der Waals surface area (Å²) in [6.45, 7) is 14.2. The lowest BCUT2D eigenvalue weighted by molar-refractivity contribution is -0.161. The van der Waals surface area contributed by atoms with E-state index in [1.54, 1.807) is 0 Å². The van der Waals surface area contributed by atoms with Gasteiger partial charge in [0, 0.05) is 25.7 Å². The number of phosphoric acid groups is 2. The van der Waals surface area contributed by atoms with Crippen molar-refractivity contribution in [3.8, 4) is 0 Å². The van der Waals surface area contributed by atoms with Crippen molar-refractivity contribution < 1.29 is 80.2 Å². The van der Waals surface area contributed by atoms with Crippen molar-refractivity contribution in [2.45, 2.75) is 408 Å². The van der Waals surface area contributed by atoms with Gasteiger partial charge in [0.25, 0.3) is 0 Å². The van der Waals surface area contributed by atoms with Gasteiger partial charge in [-0.05, 0) is 49.4 Å². The molecule has 0 amide bonds. The Morgan fingerprint density at radius 2 is 0.500 bits per heavy atom. The molecule has 6 atom stereocenters. The summed E-state index contributed by atoms with van der Waals surface area (Å²) in [5.41, 5.74) is 0. The number of esters is 4. The van der Waals surface area contributed by atoms with Crippen LogP contribution in [0.5, 0.6) is 0 Å². The second-order valence-corrected chi connectivity index (χ2v) is 32.3. The second-order valence-electron chi connectivity index (χ2n) is 29.4. The van der Waals surface area contributed by atoms with Crippen LogP contribution in [-0.4, -0.2) is 96.7 Å². The van der Waals surface area contributed by atoms with Crippen LogP contribution in [0, 0.1) is 23.7 Å². The molecule has 96 heavy (non-hydrogen) atoms. The van der Waals surface area contributed by atoms with Crippen LogP contribution < -0.4 is 0 Å². The van der Waals surface area contributed by atoms with E-state index in [0.717, 1.165) is 120 Å². The van der Waals surface area contributed by atoms with Crippen molar-refractivity contribution in [3.63, 3.8) is 0 Å². The highest BCUT2D eigenvalue weighted by Crippen LogP contribution is 2.45. The molecule has 0 saturated heterocycles. The van der Waals surface area contributed by atoms with E-state index in [0.29, 0.717) is 25.7 Å². The summed E-state index contributed by atoms with van der Waals surface area (Å²) in [5.74, 6) is 0.956. The number of unbranched alkanes of at least 4 members (excludes halogenated alkanes) is 39. The number of phosphoric ester groups is 2. The van der Waals surface area contributed by atoms with Crippen LogP contribution in [0.4, 0.5) is 0 Å². The van der Waals surface area contributed by atoms with Crippen LogP contribution in [0.3, 0.4) is 0 Å². The van der Waals surface area contributed by atoms with Gasteiger partial charge in [-0.2, -0.15) is 0 Å². The van der Waals surface area contributed by atoms with Crippen LogP contribution in [0.1, 0.15) is 389 Å². The fourth-order valence-corrected chi connectivity index (χ4v) is 13.3. The first-order valence-electron chi connectivity index (χ1n) is 39.7. The first-order valence-corrected chi connectivity index (χ1v) is 42.7. The van der Waals surface area contributed by atoms with Crippen molar-refractivity contribution in [1.29, 1.82) is 0 Å². The van der Waals surface area contributed by atoms with E-state index in [9.17, 15) is 43.2 Å². The second kappa shape index (κ2) is 66.3. The summed E-state index contributed by atoms with van der Waals surface area (Å²) in [7, 11) is -9.92. The highest BCUT2D eigenvalue weighted by molar-refractivity contribution is 7.47. The molecule has 0 bridgehead atoms. The Balaban J connectivity index is 5.26. The van der Waals surface area contributed by atoms with Crippen molar-refractivity contribution in [1.82, 2.24) is 0 Å². The molecule has 0 spiro atoms. The van der Waals surface area contributed by atoms with Crippen LogP contribution in [0.2, 0.25) is 0 Å². The number of ether oxygens (including phenoxy) is 4. The van der Waals surface area contributed by atoms with E-state index >= 15 is 0 Å². The third-order valence-electron chi connectivity index (χ3n) is 18.2. The van der Waals surface area contributed by atoms with Crippen molar-refractivity contribution in [2.24, 2.45) is 23.7 Å². The van der Waals surface area contributed by atoms with Gasteiger partial charge in [-0.25, -0.2) is 9.13 Å². The molecule has 0 aliphatic carbocycles. The van der Waals surface area contributed by atoms with Crippen molar-refractivity contribution in [2.75, 3.05) is 39.6 Å². The average Bonchev–Trinajstić information content (AvgIpc) is 1.26. The Kier molecular flexibility index (Phi) is 65.0. The summed E-state index contributed by atoms with van der Waals surface area (Å²) < 4.78 is 68.6. The Morgan fingerprint density at radius 3 is 0.740 bits per heavy atom. The van der Waals surface area contributed by atoms with Gasteiger partial charge >= 0.3 is 39.5 Å². The SMILES string of the molecule is CCC(C)CCCCCCCCC(=O)OC[C@H](COP(=O)(O)OC[C@H](O)COP(=O)(O)OC[C@@H](COC(=O)CCCCCCCCCCCCCCCC(C)C)OC(=O)CCCCCCCCCCCCCCC(C)C)OC(=O)CCCCCCCCCCCCCCC(C)C. The van der Waals surface area contributed by atoms with Crippen LogP contribution in [-0.2, 0) is 65.4 Å². The standard InChI is InChI=1S/C77H150O17P2/c1-9-70(8)56-48-40-35-36-42-50-58-75(80)88-64-73(94-77(82)60-52-44-34-28-22-16-14-19-25-31-39-47-55-69(6)7)66-92-96(85,86)90-62-71(78)61-89-95(83,84)91-65-72(93-76(81)59-51-43-33-27-21-15-13-18-24-30-38-46-54-68(4)5)63-87-74(79)57-49-41-32-26-20-12-10-11-17-23-29-37-45-53-67(2)3/h67-73,78H,9-66H2,1-8H3,(H,83,84)(H,85,86)/t70?,71-,72-,73-/m1/s1. The van der Waals surface area contributed by atoms with Gasteiger partial charge in [-0.15, -0.1) is 0 Å². The molecule has 0 saturated carbocycles. The number of rotatable bonds is 74. The molecule has 570 valence electrons. The fourth-order valence-electron chi connectivity index (χ4n) is 11.7. The maximum absolute atomic E-state index is 13.1. The molecule has 3 N–H and O–H groups in total. The number of hydrogen-bond acceptors (Lipinski definition) is 15. The maximum Gasteiger partial charge on any atom is 0.472 e. The molecule has 3 unspecified atom stereocenters. The molecule has 0 rings (SSSR count). The number of aliphatic hydroxyl groups excluding tert-OH is 1. The first-order chi connectivity index (χ1) is 46.1. The monoisotopic (exact) mass is 1410 g/mol. The van der Waals surface area contributed by atoms with Gasteiger partial charge in [0.2, 0.25) is 0 Å². The molecule has 0 aromatic heterocycles. The zero-order chi connectivity index (χ0) is 71.0. The summed E-state index contributed by atoms with van der Waals surface area (Å²) in [6, 6.07) is 0. The minimum atomic E-state index is -4.96. The number of hydrogen-bond donors (Lipinski definition) is 3. The zero-order valence-corrected chi connectivity index (χ0v) is 64.8. The Bertz CT molecular complexity index is 1890. The quantitative estimate of drug-likeness (QED) is 0.0222. The summed E-state index contributed by atoms with van der Waals surface area (Å²) in [4.78, 5) is 72.9. The fraction of sp³-hybridized carbons (Fsp3) is 0.948. The smallest absolute Gasteiger partial charge is 0.462 e. The van der Waals surface area contributed by atoms with Gasteiger partial charge in [0.1, 0.15) is 19.3 Å². The maximum atomic E-state index is 13.1. The average molecular weight is 1410 g/mol. The highest BCUT2D eigenvalue weighted by atomic mass is 31.2. The van der Waals surface area contributed by atoms with E-state index in [4.69, 9.17) is 37.0 Å². The molecule has 0 radical (unpaired) electrons. The van der Waals surface area contributed by atoms with Gasteiger partial charge in [-0.3, -0.25) is 37.3 Å². The summed E-state index contributed by atoms with van der Waals surface area (Å²) >= 11 is 0. The molecule has 17 nitrogen and oxygen atoms in total. The third-order valence-corrected chi connectivity index (χ3v) is 20.1. The summed E-state index contributed by atoms with van der Waals surface area (Å²) in [5, 5.41) is 10.6. The van der Waals surface area contributed by atoms with E-state index in [2.05, 4.69) is 55.4 Å². The molecule has 0 heterocycles. The lowest BCUT2D eigenvalue weighted by Gasteiger charge is -2.21. The molecule has 0 aliphatic rings. The van der Waals surface area contributed by atoms with E-state index in [1.807, 2.05) is 0 Å². The minimum absolute atomic E-state index is 0.106. The first kappa shape index (κ1) is 94.1. The predicted molar refractivity (Wildman–Crippen MR) is 391 cm³/mol. The molecule has 0 aliphatic heterocycles. The minimum Gasteiger partial charge on any atom is -0.462 e. The lowest BCUT2D eigenvalue weighted by atomic mass is 10.00. The highest BCUT2D eigenvalue weighted by Gasteiger charge is 2.30. The lowest BCUT2D eigenvalue weighted by Crippen LogP contribution is -2.30. The van der Waals surface area contributed by atoms with Gasteiger partial charge in [-0.1, -0.05) is 338 Å². The largest absolute Gasteiger partial charge is 0.472 e. The molecule has 0 aromatic rings. The van der Waals surface area contributed by atoms with Gasteiger partial charge in [0.15, 0.2) is 12.2 Å². The van der Waals surface area contributed by atoms with Crippen molar-refractivity contribution in [3.05, 3.63) is 0 Å². The molecule has 0 fully saturated rings. The Labute approximate surface area is 588 Å². The number of aliphatic hydroxyl groups is 1. The molecular weight excluding hydrogens is 1260 g/mol. The van der Waals surface area contributed by atoms with Crippen LogP contribution in [0.15, 0.2) is 0 Å². The Hall–Kier alpha value is -1.94. The molecule has 19 heteroatoms. The molecular formula is C77H150O17P2. The van der Waals surface area contributed by atoms with Gasteiger partial charge in [0.05, 0.1) is 26.4 Å². The van der Waals surface area contributed by atoms with E-state index < -0.39 is 97.5 Å². The van der Waals surface area contributed by atoms with Crippen LogP contribution >= 0.6 is 15.6 Å². The zero-order valence-electron chi connectivity index (χ0n) is 63.0. The number of carbonyl (C=O) groups excluding carboxylic acids is 4. The Morgan fingerprint density at radius 1 is 0.292 bits per heavy atom. The summed E-state index contributed by atoms with van der Waals surface area (Å²) in [6.07, 6.45) is 51.3. The normalized spacial score (nSPS) is 14.4. The predicted octanol–water partition coefficient (Wildman–Crippen LogP) is 22.4. The van der Waals surface area contributed by atoms with Gasteiger partial charge < -0.3 is 33.8 Å².